The lowest BCUT2D eigenvalue weighted by molar-refractivity contribution is 0.0952. The third-order valence-electron chi connectivity index (χ3n) is 3.54. The van der Waals surface area contributed by atoms with Gasteiger partial charge < -0.3 is 10.6 Å². The van der Waals surface area contributed by atoms with E-state index in [0.29, 0.717) is 28.9 Å². The second kappa shape index (κ2) is 7.93. The summed E-state index contributed by atoms with van der Waals surface area (Å²) in [5.74, 6) is -0.486. The van der Waals surface area contributed by atoms with E-state index in [1.54, 1.807) is 36.4 Å². The fourth-order valence-electron chi connectivity index (χ4n) is 2.16. The van der Waals surface area contributed by atoms with Crippen molar-refractivity contribution in [1.29, 1.82) is 5.26 Å². The Morgan fingerprint density at radius 1 is 1.08 bits per heavy atom. The third kappa shape index (κ3) is 4.20. The number of aryl methyl sites for hydroxylation is 1. The van der Waals surface area contributed by atoms with Crippen molar-refractivity contribution in [2.45, 2.75) is 20.3 Å². The van der Waals surface area contributed by atoms with E-state index >= 15 is 0 Å². The van der Waals surface area contributed by atoms with E-state index in [0.717, 1.165) is 12.0 Å². The van der Waals surface area contributed by atoms with Gasteiger partial charge >= 0.3 is 0 Å². The van der Waals surface area contributed by atoms with E-state index in [9.17, 15) is 9.59 Å². The number of anilines is 1. The van der Waals surface area contributed by atoms with Crippen LogP contribution >= 0.6 is 0 Å². The molecule has 0 spiro atoms. The van der Waals surface area contributed by atoms with Crippen molar-refractivity contribution in [3.63, 3.8) is 0 Å². The molecule has 0 bridgehead atoms. The second-order valence-electron chi connectivity index (χ2n) is 5.43. The Morgan fingerprint density at radius 3 is 2.54 bits per heavy atom. The molecular formula is C19H19N3O2. The van der Waals surface area contributed by atoms with Crippen LogP contribution in [-0.2, 0) is 0 Å². The highest BCUT2D eigenvalue weighted by Crippen LogP contribution is 2.18. The van der Waals surface area contributed by atoms with Crippen LogP contribution in [0.2, 0.25) is 0 Å². The highest BCUT2D eigenvalue weighted by atomic mass is 16.2. The molecular weight excluding hydrogens is 302 g/mol. The monoisotopic (exact) mass is 321 g/mol. The number of nitrogens with one attached hydrogen (secondary N) is 2. The highest BCUT2D eigenvalue weighted by molar-refractivity contribution is 6.05. The van der Waals surface area contributed by atoms with Crippen LogP contribution in [0.4, 0.5) is 5.69 Å². The van der Waals surface area contributed by atoms with Gasteiger partial charge in [0, 0.05) is 23.4 Å². The van der Waals surface area contributed by atoms with Crippen molar-refractivity contribution in [3.8, 4) is 6.07 Å². The molecule has 0 fully saturated rings. The summed E-state index contributed by atoms with van der Waals surface area (Å²) in [6.45, 7) is 4.45. The number of nitriles is 1. The molecule has 0 unspecified atom stereocenters. The number of rotatable bonds is 5. The Bertz CT molecular complexity index is 806. The molecule has 0 saturated carbocycles. The minimum absolute atomic E-state index is 0.168. The van der Waals surface area contributed by atoms with Gasteiger partial charge in [0.15, 0.2) is 0 Å². The predicted molar refractivity (Wildman–Crippen MR) is 92.9 cm³/mol. The fourth-order valence-corrected chi connectivity index (χ4v) is 2.16. The van der Waals surface area contributed by atoms with Crippen molar-refractivity contribution in [2.75, 3.05) is 11.9 Å². The van der Waals surface area contributed by atoms with Crippen LogP contribution in [0.1, 0.15) is 45.2 Å². The number of carbonyl (C=O) groups is 2. The number of benzene rings is 2. The second-order valence-corrected chi connectivity index (χ2v) is 5.43. The molecule has 5 nitrogen and oxygen atoms in total. The molecule has 2 aromatic rings. The molecule has 2 aromatic carbocycles. The van der Waals surface area contributed by atoms with E-state index in [-0.39, 0.29) is 11.8 Å². The first kappa shape index (κ1) is 17.2. The van der Waals surface area contributed by atoms with E-state index in [4.69, 9.17) is 5.26 Å². The van der Waals surface area contributed by atoms with Gasteiger partial charge in [-0.3, -0.25) is 9.59 Å². The number of carbonyl (C=O) groups excluding carboxylic acids is 2. The van der Waals surface area contributed by atoms with Gasteiger partial charge in [-0.2, -0.15) is 5.26 Å². The van der Waals surface area contributed by atoms with Gasteiger partial charge in [-0.1, -0.05) is 19.1 Å². The van der Waals surface area contributed by atoms with Gasteiger partial charge in [-0.05, 0) is 49.2 Å². The average Bonchev–Trinajstić information content (AvgIpc) is 2.61. The smallest absolute Gasteiger partial charge is 0.255 e. The lowest BCUT2D eigenvalue weighted by atomic mass is 10.1. The SMILES string of the molecule is CCCNC(=O)c1ccc(C)c(NC(=O)c2cccc(C#N)c2)c1. The van der Waals surface area contributed by atoms with E-state index in [2.05, 4.69) is 10.6 Å². The Balaban J connectivity index is 2.20. The Morgan fingerprint density at radius 2 is 1.83 bits per heavy atom. The molecule has 0 atom stereocenters. The van der Waals surface area contributed by atoms with Gasteiger partial charge in [0.05, 0.1) is 11.6 Å². The van der Waals surface area contributed by atoms with Crippen molar-refractivity contribution < 1.29 is 9.59 Å². The topological polar surface area (TPSA) is 82.0 Å². The Hall–Kier alpha value is -3.13. The first-order valence-corrected chi connectivity index (χ1v) is 7.75. The maximum atomic E-state index is 12.4. The summed E-state index contributed by atoms with van der Waals surface area (Å²) in [6.07, 6.45) is 0.858. The minimum Gasteiger partial charge on any atom is -0.352 e. The zero-order valence-electron chi connectivity index (χ0n) is 13.7. The molecule has 2 rings (SSSR count). The van der Waals surface area contributed by atoms with Gasteiger partial charge in [0.25, 0.3) is 11.8 Å². The maximum Gasteiger partial charge on any atom is 0.255 e. The molecule has 0 radical (unpaired) electrons. The van der Waals surface area contributed by atoms with Crippen LogP contribution in [0.25, 0.3) is 0 Å². The van der Waals surface area contributed by atoms with Crippen LogP contribution in [-0.4, -0.2) is 18.4 Å². The molecule has 2 N–H and O–H groups in total. The van der Waals surface area contributed by atoms with Crippen LogP contribution in [0, 0.1) is 18.3 Å². The predicted octanol–water partition coefficient (Wildman–Crippen LogP) is 3.26. The van der Waals surface area contributed by atoms with Gasteiger partial charge in [-0.25, -0.2) is 0 Å². The quantitative estimate of drug-likeness (QED) is 0.887. The average molecular weight is 321 g/mol. The largest absolute Gasteiger partial charge is 0.352 e. The van der Waals surface area contributed by atoms with Gasteiger partial charge in [0.2, 0.25) is 0 Å². The van der Waals surface area contributed by atoms with Gasteiger partial charge in [-0.15, -0.1) is 0 Å². The van der Waals surface area contributed by atoms with Crippen molar-refractivity contribution in [3.05, 3.63) is 64.7 Å². The first-order valence-electron chi connectivity index (χ1n) is 7.75. The lowest BCUT2D eigenvalue weighted by Gasteiger charge is -2.11. The van der Waals surface area contributed by atoms with Crippen LogP contribution in [0.15, 0.2) is 42.5 Å². The van der Waals surface area contributed by atoms with E-state index < -0.39 is 0 Å². The standard InChI is InChI=1S/C19H19N3O2/c1-3-9-21-18(23)16-8-7-13(2)17(11-16)22-19(24)15-6-4-5-14(10-15)12-20/h4-8,10-11H,3,9H2,1-2H3,(H,21,23)(H,22,24). The van der Waals surface area contributed by atoms with Crippen molar-refractivity contribution in [2.24, 2.45) is 0 Å². The molecule has 0 heterocycles. The summed E-state index contributed by atoms with van der Waals surface area (Å²) in [7, 11) is 0. The number of nitrogens with zero attached hydrogens (tertiary/aromatic N) is 1. The molecule has 122 valence electrons. The van der Waals surface area contributed by atoms with Crippen molar-refractivity contribution in [1.82, 2.24) is 5.32 Å². The molecule has 0 saturated heterocycles. The highest BCUT2D eigenvalue weighted by Gasteiger charge is 2.11. The zero-order chi connectivity index (χ0) is 17.5. The zero-order valence-corrected chi connectivity index (χ0v) is 13.7. The Labute approximate surface area is 141 Å². The van der Waals surface area contributed by atoms with E-state index in [1.165, 1.54) is 6.07 Å². The summed E-state index contributed by atoms with van der Waals surface area (Å²) in [5.41, 5.74) is 2.75. The summed E-state index contributed by atoms with van der Waals surface area (Å²) >= 11 is 0. The fraction of sp³-hybridized carbons (Fsp3) is 0.211. The molecule has 2 amide bonds. The first-order chi connectivity index (χ1) is 11.5. The van der Waals surface area contributed by atoms with Gasteiger partial charge in [0.1, 0.15) is 0 Å². The normalized spacial score (nSPS) is 9.88. The molecule has 0 aliphatic carbocycles. The summed E-state index contributed by atoms with van der Waals surface area (Å²) in [4.78, 5) is 24.4. The van der Waals surface area contributed by atoms with Crippen LogP contribution in [0.5, 0.6) is 0 Å². The molecule has 0 aliphatic rings. The lowest BCUT2D eigenvalue weighted by Crippen LogP contribution is -2.24. The minimum atomic E-state index is -0.318. The maximum absolute atomic E-state index is 12.4. The number of hydrogen-bond donors (Lipinski definition) is 2. The summed E-state index contributed by atoms with van der Waals surface area (Å²) in [6, 6.07) is 13.7. The summed E-state index contributed by atoms with van der Waals surface area (Å²) < 4.78 is 0. The van der Waals surface area contributed by atoms with Crippen LogP contribution in [0.3, 0.4) is 0 Å². The van der Waals surface area contributed by atoms with Crippen LogP contribution < -0.4 is 10.6 Å². The number of hydrogen-bond acceptors (Lipinski definition) is 3. The Kier molecular flexibility index (Phi) is 5.69. The molecule has 5 heteroatoms. The molecule has 0 aliphatic heterocycles. The molecule has 24 heavy (non-hydrogen) atoms. The number of amides is 2. The molecule has 0 aromatic heterocycles. The van der Waals surface area contributed by atoms with Crippen molar-refractivity contribution >= 4 is 17.5 Å². The third-order valence-corrected chi connectivity index (χ3v) is 3.54. The van der Waals surface area contributed by atoms with E-state index in [1.807, 2.05) is 19.9 Å². The summed E-state index contributed by atoms with van der Waals surface area (Å²) in [5, 5.41) is 14.5.